The first-order chi connectivity index (χ1) is 7.68. The van der Waals surface area contributed by atoms with Crippen molar-refractivity contribution in [2.75, 3.05) is 13.1 Å². The van der Waals surface area contributed by atoms with Gasteiger partial charge in [0.05, 0.1) is 12.1 Å². The number of carbonyl (C=O) groups is 1. The number of hydrogen-bond donors (Lipinski definition) is 1. The van der Waals surface area contributed by atoms with Gasteiger partial charge in [-0.1, -0.05) is 0 Å². The van der Waals surface area contributed by atoms with Gasteiger partial charge in [-0.25, -0.2) is 0 Å². The Hall–Kier alpha value is -1.32. The second-order valence-electron chi connectivity index (χ2n) is 4.53. The Bertz CT molecular complexity index is 358. The van der Waals surface area contributed by atoms with Crippen LogP contribution in [0.2, 0.25) is 0 Å². The van der Waals surface area contributed by atoms with Crippen LogP contribution in [0.3, 0.4) is 0 Å². The smallest absolute Gasteiger partial charge is 0.227 e. The predicted molar refractivity (Wildman–Crippen MR) is 62.2 cm³/mol. The van der Waals surface area contributed by atoms with Gasteiger partial charge in [-0.3, -0.25) is 9.89 Å². The highest BCUT2D eigenvalue weighted by Gasteiger charge is 2.19. The number of aromatic amines is 1. The molecule has 2 rings (SSSR count). The second kappa shape index (κ2) is 4.68. The molecule has 0 aliphatic carbocycles. The first-order valence-electron chi connectivity index (χ1n) is 5.96. The zero-order valence-electron chi connectivity index (χ0n) is 10.0. The van der Waals surface area contributed by atoms with Gasteiger partial charge in [0.2, 0.25) is 5.91 Å². The third kappa shape index (κ3) is 2.26. The van der Waals surface area contributed by atoms with Crippen LogP contribution in [-0.4, -0.2) is 34.1 Å². The van der Waals surface area contributed by atoms with Crippen molar-refractivity contribution in [3.8, 4) is 0 Å². The van der Waals surface area contributed by atoms with Crippen LogP contribution in [0.1, 0.15) is 36.2 Å². The van der Waals surface area contributed by atoms with Crippen LogP contribution in [0.4, 0.5) is 0 Å². The van der Waals surface area contributed by atoms with E-state index in [9.17, 15) is 4.79 Å². The van der Waals surface area contributed by atoms with Gasteiger partial charge in [-0.15, -0.1) is 0 Å². The number of hydrogen-bond acceptors (Lipinski definition) is 2. The fourth-order valence-corrected chi connectivity index (χ4v) is 2.24. The topological polar surface area (TPSA) is 49.0 Å². The summed E-state index contributed by atoms with van der Waals surface area (Å²) in [6.45, 7) is 5.77. The summed E-state index contributed by atoms with van der Waals surface area (Å²) in [5, 5.41) is 7.04. The molecule has 4 heteroatoms. The molecule has 1 saturated heterocycles. The molecule has 1 aliphatic rings. The van der Waals surface area contributed by atoms with Crippen LogP contribution in [0, 0.1) is 13.8 Å². The number of aryl methyl sites for hydroxylation is 2. The van der Waals surface area contributed by atoms with Crippen molar-refractivity contribution in [3.63, 3.8) is 0 Å². The molecule has 0 aromatic carbocycles. The molecule has 1 aromatic rings. The van der Waals surface area contributed by atoms with E-state index >= 15 is 0 Å². The lowest BCUT2D eigenvalue weighted by Crippen LogP contribution is -2.36. The minimum absolute atomic E-state index is 0.243. The summed E-state index contributed by atoms with van der Waals surface area (Å²) in [4.78, 5) is 14.0. The zero-order chi connectivity index (χ0) is 11.5. The second-order valence-corrected chi connectivity index (χ2v) is 4.53. The van der Waals surface area contributed by atoms with Crippen LogP contribution in [0.25, 0.3) is 0 Å². The van der Waals surface area contributed by atoms with E-state index in [0.29, 0.717) is 6.42 Å². The quantitative estimate of drug-likeness (QED) is 0.824. The summed E-state index contributed by atoms with van der Waals surface area (Å²) in [5.74, 6) is 0.243. The number of carbonyl (C=O) groups excluding carboxylic acids is 1. The highest BCUT2D eigenvalue weighted by molar-refractivity contribution is 5.79. The number of piperidine rings is 1. The fourth-order valence-electron chi connectivity index (χ4n) is 2.24. The molecule has 0 radical (unpaired) electrons. The summed E-state index contributed by atoms with van der Waals surface area (Å²) in [5.41, 5.74) is 3.03. The molecule has 1 fully saturated rings. The SMILES string of the molecule is Cc1n[nH]c(C)c1CC(=O)N1CCCCC1. The molecular weight excluding hydrogens is 202 g/mol. The molecule has 2 heterocycles. The Balaban J connectivity index is 2.01. The van der Waals surface area contributed by atoms with Crippen LogP contribution < -0.4 is 0 Å². The zero-order valence-corrected chi connectivity index (χ0v) is 10.0. The summed E-state index contributed by atoms with van der Waals surface area (Å²) < 4.78 is 0. The van der Waals surface area contributed by atoms with E-state index in [4.69, 9.17) is 0 Å². The van der Waals surface area contributed by atoms with Gasteiger partial charge in [0.1, 0.15) is 0 Å². The standard InChI is InChI=1S/C12H19N3O/c1-9-11(10(2)14-13-9)8-12(16)15-6-4-3-5-7-15/h3-8H2,1-2H3,(H,13,14). The maximum Gasteiger partial charge on any atom is 0.227 e. The lowest BCUT2D eigenvalue weighted by molar-refractivity contribution is -0.131. The minimum atomic E-state index is 0.243. The van der Waals surface area contributed by atoms with Crippen LogP contribution in [0.15, 0.2) is 0 Å². The number of likely N-dealkylation sites (tertiary alicyclic amines) is 1. The van der Waals surface area contributed by atoms with E-state index in [-0.39, 0.29) is 5.91 Å². The number of H-pyrrole nitrogens is 1. The van der Waals surface area contributed by atoms with Gasteiger partial charge in [0, 0.05) is 24.3 Å². The fraction of sp³-hybridized carbons (Fsp3) is 0.667. The minimum Gasteiger partial charge on any atom is -0.342 e. The Labute approximate surface area is 96.0 Å². The van der Waals surface area contributed by atoms with Gasteiger partial charge in [-0.2, -0.15) is 5.10 Å². The van der Waals surface area contributed by atoms with Crippen molar-refractivity contribution < 1.29 is 4.79 Å². The molecule has 1 N–H and O–H groups in total. The van der Waals surface area contributed by atoms with E-state index in [1.807, 2.05) is 18.7 Å². The highest BCUT2D eigenvalue weighted by Crippen LogP contribution is 2.14. The van der Waals surface area contributed by atoms with Crippen molar-refractivity contribution in [2.24, 2.45) is 0 Å². The molecule has 0 bridgehead atoms. The molecular formula is C12H19N3O. The van der Waals surface area contributed by atoms with E-state index in [1.54, 1.807) is 0 Å². The summed E-state index contributed by atoms with van der Waals surface area (Å²) in [7, 11) is 0. The lowest BCUT2D eigenvalue weighted by Gasteiger charge is -2.26. The average Bonchev–Trinajstić information content (AvgIpc) is 2.62. The van der Waals surface area contributed by atoms with Gasteiger partial charge in [0.25, 0.3) is 0 Å². The molecule has 4 nitrogen and oxygen atoms in total. The van der Waals surface area contributed by atoms with E-state index in [0.717, 1.165) is 42.9 Å². The molecule has 16 heavy (non-hydrogen) atoms. The van der Waals surface area contributed by atoms with Gasteiger partial charge >= 0.3 is 0 Å². The van der Waals surface area contributed by atoms with E-state index < -0.39 is 0 Å². The first kappa shape index (κ1) is 11.2. The number of amides is 1. The van der Waals surface area contributed by atoms with E-state index in [2.05, 4.69) is 10.2 Å². The van der Waals surface area contributed by atoms with Crippen LogP contribution >= 0.6 is 0 Å². The Morgan fingerprint density at radius 1 is 1.31 bits per heavy atom. The Kier molecular flexibility index (Phi) is 3.27. The van der Waals surface area contributed by atoms with Crippen molar-refractivity contribution in [1.82, 2.24) is 15.1 Å². The number of nitrogens with one attached hydrogen (secondary N) is 1. The maximum absolute atomic E-state index is 12.1. The molecule has 1 aromatic heterocycles. The Morgan fingerprint density at radius 2 is 2.00 bits per heavy atom. The van der Waals surface area contributed by atoms with Gasteiger partial charge in [0.15, 0.2) is 0 Å². The molecule has 1 amide bonds. The molecule has 0 saturated carbocycles. The van der Waals surface area contributed by atoms with Crippen molar-refractivity contribution >= 4 is 5.91 Å². The van der Waals surface area contributed by atoms with Gasteiger partial charge < -0.3 is 4.90 Å². The van der Waals surface area contributed by atoms with Crippen molar-refractivity contribution in [1.29, 1.82) is 0 Å². The van der Waals surface area contributed by atoms with Gasteiger partial charge in [-0.05, 0) is 33.1 Å². The number of nitrogens with zero attached hydrogens (tertiary/aromatic N) is 2. The first-order valence-corrected chi connectivity index (χ1v) is 5.96. The summed E-state index contributed by atoms with van der Waals surface area (Å²) in [6, 6.07) is 0. The normalized spacial score (nSPS) is 16.5. The molecule has 1 aliphatic heterocycles. The van der Waals surface area contributed by atoms with Crippen molar-refractivity contribution in [2.45, 2.75) is 39.5 Å². The summed E-state index contributed by atoms with van der Waals surface area (Å²) >= 11 is 0. The third-order valence-electron chi connectivity index (χ3n) is 3.32. The lowest BCUT2D eigenvalue weighted by atomic mass is 10.1. The largest absolute Gasteiger partial charge is 0.342 e. The van der Waals surface area contributed by atoms with Crippen LogP contribution in [-0.2, 0) is 11.2 Å². The predicted octanol–water partition coefficient (Wildman–Crippen LogP) is 1.58. The highest BCUT2D eigenvalue weighted by atomic mass is 16.2. The molecule has 0 atom stereocenters. The van der Waals surface area contributed by atoms with Crippen molar-refractivity contribution in [3.05, 3.63) is 17.0 Å². The Morgan fingerprint density at radius 3 is 2.56 bits per heavy atom. The monoisotopic (exact) mass is 221 g/mol. The van der Waals surface area contributed by atoms with E-state index in [1.165, 1.54) is 6.42 Å². The maximum atomic E-state index is 12.1. The third-order valence-corrected chi connectivity index (χ3v) is 3.32. The van der Waals surface area contributed by atoms with Crippen LogP contribution in [0.5, 0.6) is 0 Å². The summed E-state index contributed by atoms with van der Waals surface area (Å²) in [6.07, 6.45) is 4.05. The number of rotatable bonds is 2. The number of aromatic nitrogens is 2. The molecule has 88 valence electrons. The average molecular weight is 221 g/mol. The molecule has 0 unspecified atom stereocenters. The molecule has 0 spiro atoms.